The summed E-state index contributed by atoms with van der Waals surface area (Å²) in [6, 6.07) is 21.0. The molecule has 0 amide bonds. The van der Waals surface area contributed by atoms with Crippen molar-refractivity contribution in [3.8, 4) is 0 Å². The molecule has 0 aromatic heterocycles. The van der Waals surface area contributed by atoms with Gasteiger partial charge in [-0.25, -0.2) is 9.78 Å². The molecule has 0 fully saturated rings. The third kappa shape index (κ3) is 6.45. The molecule has 32 heavy (non-hydrogen) atoms. The predicted octanol–water partition coefficient (Wildman–Crippen LogP) is 8.91. The Bertz CT molecular complexity index is 751. The fourth-order valence-electron chi connectivity index (χ4n) is 4.27. The Morgan fingerprint density at radius 3 is 1.06 bits per heavy atom. The summed E-state index contributed by atoms with van der Waals surface area (Å²) in [5.41, 5.74) is 1.35. The fraction of sp³-hybridized carbons (Fsp3) is 0.600. The van der Waals surface area contributed by atoms with Gasteiger partial charge in [0.2, 0.25) is 0 Å². The van der Waals surface area contributed by atoms with Crippen LogP contribution in [0.25, 0.3) is 0 Å². The highest BCUT2D eigenvalue weighted by atomic mass is 17.2. The van der Waals surface area contributed by atoms with Crippen LogP contribution in [0.3, 0.4) is 0 Å². The molecule has 2 heteroatoms. The number of benzene rings is 2. The first kappa shape index (κ1) is 26.6. The molecule has 0 saturated heterocycles. The molecule has 0 aliphatic heterocycles. The Labute approximate surface area is 197 Å². The molecule has 0 spiro atoms. The number of hydrogen-bond donors (Lipinski definition) is 0. The van der Waals surface area contributed by atoms with Crippen molar-refractivity contribution in [1.29, 1.82) is 0 Å². The Morgan fingerprint density at radius 2 is 0.812 bits per heavy atom. The van der Waals surface area contributed by atoms with Crippen LogP contribution in [0.5, 0.6) is 0 Å². The lowest BCUT2D eigenvalue weighted by Gasteiger charge is -2.43. The average molecular weight is 439 g/mol. The molecule has 0 bridgehead atoms. The van der Waals surface area contributed by atoms with Crippen molar-refractivity contribution in [2.75, 3.05) is 0 Å². The normalized spacial score (nSPS) is 16.8. The van der Waals surface area contributed by atoms with Gasteiger partial charge in [0.1, 0.15) is 11.2 Å². The van der Waals surface area contributed by atoms with Crippen molar-refractivity contribution in [2.24, 2.45) is 22.7 Å². The van der Waals surface area contributed by atoms with Crippen LogP contribution < -0.4 is 0 Å². The summed E-state index contributed by atoms with van der Waals surface area (Å²) in [4.78, 5) is 13.1. The van der Waals surface area contributed by atoms with Crippen LogP contribution in [-0.4, -0.2) is 0 Å². The lowest BCUT2D eigenvalue weighted by atomic mass is 9.71. The van der Waals surface area contributed by atoms with E-state index in [4.69, 9.17) is 9.78 Å². The van der Waals surface area contributed by atoms with Crippen LogP contribution >= 0.6 is 0 Å². The Morgan fingerprint density at radius 1 is 0.531 bits per heavy atom. The van der Waals surface area contributed by atoms with Gasteiger partial charge >= 0.3 is 0 Å². The second kappa shape index (κ2) is 10.1. The van der Waals surface area contributed by atoms with Gasteiger partial charge in [0.15, 0.2) is 0 Å². The summed E-state index contributed by atoms with van der Waals surface area (Å²) in [7, 11) is 0. The molecule has 0 saturated carbocycles. The van der Waals surface area contributed by atoms with E-state index in [2.05, 4.69) is 130 Å². The van der Waals surface area contributed by atoms with E-state index in [0.717, 1.165) is 24.0 Å². The van der Waals surface area contributed by atoms with Crippen molar-refractivity contribution < 1.29 is 9.78 Å². The second-order valence-corrected chi connectivity index (χ2v) is 12.0. The van der Waals surface area contributed by atoms with Crippen LogP contribution in [0.15, 0.2) is 60.7 Å². The molecule has 0 aliphatic carbocycles. The van der Waals surface area contributed by atoms with Crippen molar-refractivity contribution >= 4 is 0 Å². The third-order valence-electron chi connectivity index (χ3n) is 7.89. The van der Waals surface area contributed by atoms with Gasteiger partial charge in [-0.2, -0.15) is 0 Å². The van der Waals surface area contributed by atoms with E-state index in [9.17, 15) is 0 Å². The van der Waals surface area contributed by atoms with Gasteiger partial charge in [0.25, 0.3) is 0 Å². The zero-order valence-electron chi connectivity index (χ0n) is 22.2. The van der Waals surface area contributed by atoms with Crippen LogP contribution in [0.4, 0.5) is 0 Å². The molecule has 2 nitrogen and oxygen atoms in total. The van der Waals surface area contributed by atoms with Gasteiger partial charge in [0, 0.05) is 0 Å². The van der Waals surface area contributed by atoms with Crippen molar-refractivity contribution in [3.63, 3.8) is 0 Å². The highest BCUT2D eigenvalue weighted by Gasteiger charge is 2.42. The van der Waals surface area contributed by atoms with Gasteiger partial charge in [-0.1, -0.05) is 116 Å². The van der Waals surface area contributed by atoms with Gasteiger partial charge in [-0.3, -0.25) is 0 Å². The zero-order chi connectivity index (χ0) is 24.2. The minimum atomic E-state index is -0.562. The summed E-state index contributed by atoms with van der Waals surface area (Å²) >= 11 is 0. The summed E-state index contributed by atoms with van der Waals surface area (Å²) in [6.45, 7) is 22.8. The van der Waals surface area contributed by atoms with Crippen LogP contribution in [0.1, 0.15) is 93.2 Å². The van der Waals surface area contributed by atoms with E-state index >= 15 is 0 Å². The number of hydrogen-bond acceptors (Lipinski definition) is 2. The van der Waals surface area contributed by atoms with E-state index in [-0.39, 0.29) is 10.8 Å². The first-order valence-electron chi connectivity index (χ1n) is 12.2. The Hall–Kier alpha value is -1.64. The van der Waals surface area contributed by atoms with Gasteiger partial charge < -0.3 is 0 Å². The number of rotatable bonds is 11. The smallest absolute Gasteiger partial charge is 0.126 e. The largest absolute Gasteiger partial charge is 0.225 e. The van der Waals surface area contributed by atoms with Crippen molar-refractivity contribution in [1.82, 2.24) is 0 Å². The molecular weight excluding hydrogens is 392 g/mol. The van der Waals surface area contributed by atoms with Crippen molar-refractivity contribution in [3.05, 3.63) is 71.8 Å². The fourth-order valence-corrected chi connectivity index (χ4v) is 4.27. The maximum atomic E-state index is 6.55. The van der Waals surface area contributed by atoms with E-state index < -0.39 is 11.2 Å². The van der Waals surface area contributed by atoms with E-state index in [1.165, 1.54) is 0 Å². The van der Waals surface area contributed by atoms with Gasteiger partial charge in [-0.05, 0) is 60.5 Å². The Kier molecular flexibility index (Phi) is 8.40. The molecule has 178 valence electrons. The molecule has 2 aromatic rings. The topological polar surface area (TPSA) is 18.5 Å². The third-order valence-corrected chi connectivity index (χ3v) is 7.89. The molecular formula is C30H46O2. The molecule has 0 aliphatic rings. The van der Waals surface area contributed by atoms with E-state index in [1.807, 2.05) is 0 Å². The van der Waals surface area contributed by atoms with E-state index in [0.29, 0.717) is 11.8 Å². The minimum absolute atomic E-state index is 0.0916. The maximum Gasteiger partial charge on any atom is 0.126 e. The zero-order valence-corrected chi connectivity index (χ0v) is 22.2. The van der Waals surface area contributed by atoms with Crippen LogP contribution in [0, 0.1) is 22.7 Å². The molecule has 0 heterocycles. The van der Waals surface area contributed by atoms with Crippen LogP contribution in [0.2, 0.25) is 0 Å². The SMILES string of the molecule is CC(C)C(C)(C)CC(C)(OOC(C)(CC(C)(C)C(C)C)c1ccccc1)c1ccccc1. The summed E-state index contributed by atoms with van der Waals surface area (Å²) in [6.07, 6.45) is 1.72. The summed E-state index contributed by atoms with van der Waals surface area (Å²) in [5.74, 6) is 1.05. The molecule has 2 atom stereocenters. The van der Waals surface area contributed by atoms with Crippen LogP contribution in [-0.2, 0) is 21.0 Å². The molecule has 2 unspecified atom stereocenters. The molecule has 0 radical (unpaired) electrons. The maximum absolute atomic E-state index is 6.55. The second-order valence-electron chi connectivity index (χ2n) is 12.0. The Balaban J connectivity index is 2.44. The molecule has 2 rings (SSSR count). The predicted molar refractivity (Wildman–Crippen MR) is 136 cm³/mol. The lowest BCUT2D eigenvalue weighted by molar-refractivity contribution is -0.426. The van der Waals surface area contributed by atoms with Gasteiger partial charge in [-0.15, -0.1) is 0 Å². The molecule has 2 aromatic carbocycles. The lowest BCUT2D eigenvalue weighted by Crippen LogP contribution is -2.40. The summed E-state index contributed by atoms with van der Waals surface area (Å²) in [5, 5.41) is 0. The highest BCUT2D eigenvalue weighted by molar-refractivity contribution is 5.24. The standard InChI is InChI=1S/C30H46O2/c1-23(2)27(5,6)21-29(9,25-17-13-11-14-18-25)31-32-30(10,22-28(7,8)24(3)4)26-19-15-12-16-20-26/h11-20,23-24H,21-22H2,1-10H3. The average Bonchev–Trinajstić information content (AvgIpc) is 2.73. The quantitative estimate of drug-likeness (QED) is 0.257. The van der Waals surface area contributed by atoms with Crippen molar-refractivity contribution in [2.45, 2.75) is 93.3 Å². The molecule has 0 N–H and O–H groups in total. The highest BCUT2D eigenvalue weighted by Crippen LogP contribution is 2.46. The summed E-state index contributed by atoms with van der Waals surface area (Å²) < 4.78 is 0. The first-order valence-corrected chi connectivity index (χ1v) is 12.2. The van der Waals surface area contributed by atoms with Gasteiger partial charge in [0.05, 0.1) is 0 Å². The minimum Gasteiger partial charge on any atom is -0.225 e. The first-order chi connectivity index (χ1) is 14.7. The monoisotopic (exact) mass is 438 g/mol. The van der Waals surface area contributed by atoms with E-state index in [1.54, 1.807) is 0 Å².